The van der Waals surface area contributed by atoms with Crippen LogP contribution >= 0.6 is 0 Å². The molecule has 7 nitrogen and oxygen atoms in total. The lowest BCUT2D eigenvalue weighted by Gasteiger charge is -2.22. The highest BCUT2D eigenvalue weighted by Crippen LogP contribution is 2.19. The minimum absolute atomic E-state index is 0.0382. The Kier molecular flexibility index (Phi) is 6.84. The van der Waals surface area contributed by atoms with Gasteiger partial charge in [0.25, 0.3) is 0 Å². The van der Waals surface area contributed by atoms with E-state index < -0.39 is 23.7 Å². The Morgan fingerprint density at radius 2 is 2.04 bits per heavy atom. The number of amides is 2. The number of hydrogen-bond acceptors (Lipinski definition) is 5. The molecule has 1 aliphatic heterocycles. The van der Waals surface area contributed by atoms with Crippen molar-refractivity contribution in [3.05, 3.63) is 0 Å². The molecule has 0 saturated carbocycles. The molecule has 0 spiro atoms. The van der Waals surface area contributed by atoms with Gasteiger partial charge in [0.15, 0.2) is 0 Å². The average Bonchev–Trinajstić information content (AvgIpc) is 2.73. The highest BCUT2D eigenvalue weighted by atomic mass is 16.6. The fourth-order valence-corrected chi connectivity index (χ4v) is 2.54. The summed E-state index contributed by atoms with van der Waals surface area (Å²) in [5.74, 6) is -0.387. The van der Waals surface area contributed by atoms with Crippen LogP contribution in [-0.2, 0) is 19.1 Å². The van der Waals surface area contributed by atoms with E-state index in [1.807, 2.05) is 6.92 Å². The summed E-state index contributed by atoms with van der Waals surface area (Å²) in [7, 11) is 1.28. The van der Waals surface area contributed by atoms with E-state index in [1.165, 1.54) is 7.11 Å². The van der Waals surface area contributed by atoms with Crippen molar-refractivity contribution in [2.75, 3.05) is 7.11 Å². The van der Waals surface area contributed by atoms with Crippen molar-refractivity contribution in [2.24, 2.45) is 5.92 Å². The van der Waals surface area contributed by atoms with E-state index >= 15 is 0 Å². The quantitative estimate of drug-likeness (QED) is 0.725. The highest BCUT2D eigenvalue weighted by molar-refractivity contribution is 5.81. The monoisotopic (exact) mass is 328 g/mol. The predicted octanol–water partition coefficient (Wildman–Crippen LogP) is 1.75. The third-order valence-electron chi connectivity index (χ3n) is 3.65. The molecule has 132 valence electrons. The van der Waals surface area contributed by atoms with Crippen molar-refractivity contribution in [3.8, 4) is 0 Å². The number of rotatable bonds is 6. The number of esters is 1. The van der Waals surface area contributed by atoms with Crippen molar-refractivity contribution in [3.63, 3.8) is 0 Å². The summed E-state index contributed by atoms with van der Waals surface area (Å²) in [6.45, 7) is 7.16. The van der Waals surface area contributed by atoms with Gasteiger partial charge in [-0.2, -0.15) is 0 Å². The van der Waals surface area contributed by atoms with Crippen molar-refractivity contribution in [1.29, 1.82) is 0 Å². The first kappa shape index (κ1) is 19.3. The van der Waals surface area contributed by atoms with Gasteiger partial charge in [-0.3, -0.25) is 4.79 Å². The van der Waals surface area contributed by atoms with Gasteiger partial charge in [-0.15, -0.1) is 0 Å². The molecule has 7 heteroatoms. The normalized spacial score (nSPS) is 22.2. The molecule has 23 heavy (non-hydrogen) atoms. The Balaban J connectivity index is 2.44. The first-order valence-electron chi connectivity index (χ1n) is 8.00. The molecule has 0 aromatic rings. The average molecular weight is 328 g/mol. The summed E-state index contributed by atoms with van der Waals surface area (Å²) < 4.78 is 9.88. The van der Waals surface area contributed by atoms with Gasteiger partial charge in [0.2, 0.25) is 5.91 Å². The summed E-state index contributed by atoms with van der Waals surface area (Å²) in [5, 5.41) is 5.47. The smallest absolute Gasteiger partial charge is 0.408 e. The van der Waals surface area contributed by atoms with Gasteiger partial charge in [0.05, 0.1) is 7.11 Å². The Hall–Kier alpha value is -1.79. The van der Waals surface area contributed by atoms with Gasteiger partial charge in [-0.1, -0.05) is 6.92 Å². The second-order valence-electron chi connectivity index (χ2n) is 7.00. The van der Waals surface area contributed by atoms with Crippen LogP contribution in [0.5, 0.6) is 0 Å². The van der Waals surface area contributed by atoms with Gasteiger partial charge in [0, 0.05) is 12.0 Å². The third-order valence-corrected chi connectivity index (χ3v) is 3.65. The molecular weight excluding hydrogens is 300 g/mol. The number of carbonyl (C=O) groups is 3. The van der Waals surface area contributed by atoms with E-state index in [0.717, 1.165) is 12.8 Å². The van der Waals surface area contributed by atoms with Crippen LogP contribution in [0, 0.1) is 5.92 Å². The predicted molar refractivity (Wildman–Crippen MR) is 84.7 cm³/mol. The van der Waals surface area contributed by atoms with Crippen LogP contribution in [0.3, 0.4) is 0 Å². The van der Waals surface area contributed by atoms with Crippen LogP contribution in [0.25, 0.3) is 0 Å². The van der Waals surface area contributed by atoms with Gasteiger partial charge < -0.3 is 20.1 Å². The number of hydrogen-bond donors (Lipinski definition) is 2. The van der Waals surface area contributed by atoms with Crippen LogP contribution in [-0.4, -0.2) is 42.8 Å². The largest absolute Gasteiger partial charge is 0.467 e. The molecule has 3 atom stereocenters. The van der Waals surface area contributed by atoms with Gasteiger partial charge in [-0.05, 0) is 46.5 Å². The number of alkyl carbamates (subject to hydrolysis) is 1. The molecule has 1 saturated heterocycles. The number of methoxy groups -OCH3 is 1. The van der Waals surface area contributed by atoms with Crippen LogP contribution in [0.2, 0.25) is 0 Å². The van der Waals surface area contributed by atoms with Crippen LogP contribution < -0.4 is 10.6 Å². The van der Waals surface area contributed by atoms with Crippen molar-refractivity contribution in [1.82, 2.24) is 10.6 Å². The van der Waals surface area contributed by atoms with E-state index in [2.05, 4.69) is 10.6 Å². The van der Waals surface area contributed by atoms with Crippen molar-refractivity contribution < 1.29 is 23.9 Å². The Morgan fingerprint density at radius 3 is 2.52 bits per heavy atom. The minimum Gasteiger partial charge on any atom is -0.467 e. The molecule has 2 unspecified atom stereocenters. The van der Waals surface area contributed by atoms with Crippen LogP contribution in [0.1, 0.15) is 53.4 Å². The zero-order chi connectivity index (χ0) is 17.6. The highest BCUT2D eigenvalue weighted by Gasteiger charge is 2.29. The standard InChI is InChI=1S/C16H28N2O5/c1-10-9-11(17-13(10)19)7-6-8-12(14(20)22-5)18-15(21)23-16(2,3)4/h10-12H,6-9H2,1-5H3,(H,17,19)(H,18,21)/t10?,11-,12?/m0/s1. The van der Waals surface area contributed by atoms with Crippen molar-refractivity contribution >= 4 is 18.0 Å². The van der Waals surface area contributed by atoms with Gasteiger partial charge in [0.1, 0.15) is 11.6 Å². The Labute approximate surface area is 137 Å². The summed E-state index contributed by atoms with van der Waals surface area (Å²) in [6.07, 6.45) is 2.05. The molecule has 2 N–H and O–H groups in total. The molecule has 2 amide bonds. The second kappa shape index (κ2) is 8.17. The number of nitrogens with one attached hydrogen (secondary N) is 2. The lowest BCUT2D eigenvalue weighted by atomic mass is 10.0. The summed E-state index contributed by atoms with van der Waals surface area (Å²) in [5.41, 5.74) is -0.630. The molecule has 1 fully saturated rings. The molecule has 0 aromatic carbocycles. The van der Waals surface area contributed by atoms with E-state index in [1.54, 1.807) is 20.8 Å². The first-order valence-corrected chi connectivity index (χ1v) is 8.00. The Morgan fingerprint density at radius 1 is 1.39 bits per heavy atom. The zero-order valence-electron chi connectivity index (χ0n) is 14.6. The molecule has 1 aliphatic rings. The van der Waals surface area contributed by atoms with Gasteiger partial charge in [-0.25, -0.2) is 9.59 Å². The molecular formula is C16H28N2O5. The van der Waals surface area contributed by atoms with E-state index in [0.29, 0.717) is 12.8 Å². The second-order valence-corrected chi connectivity index (χ2v) is 7.00. The summed E-state index contributed by atoms with van der Waals surface area (Å²) in [6, 6.07) is -0.610. The lowest BCUT2D eigenvalue weighted by Crippen LogP contribution is -2.44. The zero-order valence-corrected chi connectivity index (χ0v) is 14.6. The summed E-state index contributed by atoms with van der Waals surface area (Å²) in [4.78, 5) is 35.0. The first-order chi connectivity index (χ1) is 10.6. The maximum atomic E-state index is 11.8. The van der Waals surface area contributed by atoms with Crippen LogP contribution in [0.15, 0.2) is 0 Å². The number of ether oxygens (including phenoxy) is 2. The summed E-state index contributed by atoms with van der Waals surface area (Å²) >= 11 is 0. The molecule has 1 heterocycles. The molecule has 1 rings (SSSR count). The molecule has 0 radical (unpaired) electrons. The molecule has 0 aliphatic carbocycles. The number of carbonyl (C=O) groups excluding carboxylic acids is 3. The maximum absolute atomic E-state index is 11.8. The molecule has 0 bridgehead atoms. The van der Waals surface area contributed by atoms with Crippen LogP contribution in [0.4, 0.5) is 4.79 Å². The van der Waals surface area contributed by atoms with E-state index in [-0.39, 0.29) is 17.9 Å². The fraction of sp³-hybridized carbons (Fsp3) is 0.812. The van der Waals surface area contributed by atoms with Crippen molar-refractivity contribution in [2.45, 2.75) is 71.1 Å². The fourth-order valence-electron chi connectivity index (χ4n) is 2.54. The SMILES string of the molecule is COC(=O)C(CCC[C@H]1CC(C)C(=O)N1)NC(=O)OC(C)(C)C. The topological polar surface area (TPSA) is 93.7 Å². The minimum atomic E-state index is -0.746. The lowest BCUT2D eigenvalue weighted by molar-refractivity contribution is -0.143. The van der Waals surface area contributed by atoms with E-state index in [4.69, 9.17) is 9.47 Å². The maximum Gasteiger partial charge on any atom is 0.408 e. The third kappa shape index (κ3) is 6.88. The van der Waals surface area contributed by atoms with Gasteiger partial charge >= 0.3 is 12.1 Å². The van der Waals surface area contributed by atoms with E-state index in [9.17, 15) is 14.4 Å². The molecule has 0 aromatic heterocycles. The Bertz CT molecular complexity index is 444.